The fourth-order valence-corrected chi connectivity index (χ4v) is 5.59. The third kappa shape index (κ3) is 5.05. The van der Waals surface area contributed by atoms with Gasteiger partial charge in [-0.25, -0.2) is 0 Å². The number of nitrogens with zero attached hydrogens (tertiary/aromatic N) is 1. The number of hydrogen-bond acceptors (Lipinski definition) is 6. The minimum Gasteiger partial charge on any atom is -0.379 e. The zero-order valence-corrected chi connectivity index (χ0v) is 20.9. The van der Waals surface area contributed by atoms with Gasteiger partial charge in [-0.15, -0.1) is 0 Å². The van der Waals surface area contributed by atoms with Crippen molar-refractivity contribution in [2.24, 2.45) is 0 Å². The molecule has 0 spiro atoms. The molecular weight excluding hydrogens is 494 g/mol. The number of carbonyl (C=O) groups excluding carboxylic acids is 2. The SMILES string of the molecule is Cc1ccc(CN2C(=O)S/C(=C\c3ccc(OS(=O)(=O)c4ccc5ccccc5c4)cc3)C2=O)cc1. The van der Waals surface area contributed by atoms with Gasteiger partial charge in [0.25, 0.3) is 11.1 Å². The predicted octanol–water partition coefficient (Wildman–Crippen LogP) is 6.15. The van der Waals surface area contributed by atoms with E-state index in [-0.39, 0.29) is 28.3 Å². The van der Waals surface area contributed by atoms with Gasteiger partial charge in [0, 0.05) is 0 Å². The Kier molecular flexibility index (Phi) is 6.38. The molecule has 1 fully saturated rings. The topological polar surface area (TPSA) is 80.8 Å². The van der Waals surface area contributed by atoms with Crippen molar-refractivity contribution in [3.8, 4) is 5.75 Å². The van der Waals surface area contributed by atoms with Crippen LogP contribution in [-0.4, -0.2) is 24.5 Å². The van der Waals surface area contributed by atoms with Crippen molar-refractivity contribution in [1.82, 2.24) is 4.90 Å². The Morgan fingerprint density at radius 3 is 2.28 bits per heavy atom. The van der Waals surface area contributed by atoms with E-state index in [0.717, 1.165) is 33.7 Å². The second-order valence-corrected chi connectivity index (χ2v) is 10.9. The summed E-state index contributed by atoms with van der Waals surface area (Å²) in [5, 5.41) is 1.41. The van der Waals surface area contributed by atoms with Gasteiger partial charge in [-0.3, -0.25) is 14.5 Å². The minimum absolute atomic E-state index is 0.0625. The van der Waals surface area contributed by atoms with E-state index in [2.05, 4.69) is 0 Å². The van der Waals surface area contributed by atoms with Gasteiger partial charge < -0.3 is 4.18 Å². The molecule has 0 aromatic heterocycles. The monoisotopic (exact) mass is 515 g/mol. The number of fused-ring (bicyclic) bond motifs is 1. The lowest BCUT2D eigenvalue weighted by molar-refractivity contribution is -0.123. The van der Waals surface area contributed by atoms with E-state index in [1.807, 2.05) is 55.5 Å². The van der Waals surface area contributed by atoms with Crippen molar-refractivity contribution < 1.29 is 22.2 Å². The lowest BCUT2D eigenvalue weighted by atomic mass is 10.1. The lowest BCUT2D eigenvalue weighted by Crippen LogP contribution is -2.27. The summed E-state index contributed by atoms with van der Waals surface area (Å²) in [5.41, 5.74) is 2.62. The molecule has 1 aliphatic heterocycles. The van der Waals surface area contributed by atoms with Gasteiger partial charge in [0.05, 0.1) is 11.4 Å². The summed E-state index contributed by atoms with van der Waals surface area (Å²) >= 11 is 0.883. The van der Waals surface area contributed by atoms with Crippen LogP contribution in [0.5, 0.6) is 5.75 Å². The van der Waals surface area contributed by atoms with Crippen molar-refractivity contribution in [2.45, 2.75) is 18.4 Å². The Balaban J connectivity index is 1.29. The lowest BCUT2D eigenvalue weighted by Gasteiger charge is -2.12. The fourth-order valence-electron chi connectivity index (χ4n) is 3.78. The Morgan fingerprint density at radius 2 is 1.56 bits per heavy atom. The molecule has 1 heterocycles. The summed E-state index contributed by atoms with van der Waals surface area (Å²) in [6.45, 7) is 2.18. The van der Waals surface area contributed by atoms with Crippen LogP contribution in [0.1, 0.15) is 16.7 Å². The molecule has 2 amide bonds. The van der Waals surface area contributed by atoms with Crippen LogP contribution in [0.3, 0.4) is 0 Å². The highest BCUT2D eigenvalue weighted by Gasteiger charge is 2.35. The van der Waals surface area contributed by atoms with Crippen molar-refractivity contribution in [1.29, 1.82) is 0 Å². The summed E-state index contributed by atoms with van der Waals surface area (Å²) in [6, 6.07) is 26.3. The molecule has 36 heavy (non-hydrogen) atoms. The van der Waals surface area contributed by atoms with E-state index < -0.39 is 10.1 Å². The van der Waals surface area contributed by atoms with Gasteiger partial charge in [0.15, 0.2) is 0 Å². The van der Waals surface area contributed by atoms with E-state index in [1.54, 1.807) is 30.3 Å². The van der Waals surface area contributed by atoms with Gasteiger partial charge >= 0.3 is 10.1 Å². The molecular formula is C28H21NO5S2. The van der Waals surface area contributed by atoms with Crippen LogP contribution in [0, 0.1) is 6.92 Å². The first-order chi connectivity index (χ1) is 17.3. The third-order valence-electron chi connectivity index (χ3n) is 5.73. The summed E-state index contributed by atoms with van der Waals surface area (Å²) in [4.78, 5) is 26.8. The Morgan fingerprint density at radius 1 is 0.861 bits per heavy atom. The van der Waals surface area contributed by atoms with Crippen LogP contribution in [0.4, 0.5) is 4.79 Å². The van der Waals surface area contributed by atoms with E-state index in [4.69, 9.17) is 4.18 Å². The van der Waals surface area contributed by atoms with Gasteiger partial charge in [-0.05, 0) is 70.9 Å². The van der Waals surface area contributed by atoms with Crippen LogP contribution in [0.15, 0.2) is 101 Å². The van der Waals surface area contributed by atoms with Crippen molar-refractivity contribution in [3.05, 3.63) is 113 Å². The van der Waals surface area contributed by atoms with Crippen LogP contribution < -0.4 is 4.18 Å². The molecule has 8 heteroatoms. The van der Waals surface area contributed by atoms with Crippen molar-refractivity contribution in [2.75, 3.05) is 0 Å². The van der Waals surface area contributed by atoms with Crippen LogP contribution in [0.2, 0.25) is 0 Å². The number of rotatable bonds is 6. The molecule has 6 nitrogen and oxygen atoms in total. The fraction of sp³-hybridized carbons (Fsp3) is 0.0714. The van der Waals surface area contributed by atoms with E-state index in [9.17, 15) is 18.0 Å². The van der Waals surface area contributed by atoms with Crippen LogP contribution in [-0.2, 0) is 21.5 Å². The molecule has 4 aromatic carbocycles. The summed E-state index contributed by atoms with van der Waals surface area (Å²) in [6.07, 6.45) is 1.61. The molecule has 0 bridgehead atoms. The maximum atomic E-state index is 12.8. The molecule has 0 unspecified atom stereocenters. The first kappa shape index (κ1) is 23.8. The molecule has 1 saturated heterocycles. The number of amides is 2. The van der Waals surface area contributed by atoms with Crippen molar-refractivity contribution >= 4 is 49.9 Å². The molecule has 0 saturated carbocycles. The standard InChI is InChI=1S/C28H21NO5S2/c1-19-6-8-21(9-7-19)18-29-27(30)26(35-28(29)31)16-20-10-13-24(14-11-20)34-36(32,33)25-15-12-22-4-2-3-5-23(22)17-25/h2-17H,18H2,1H3/b26-16-. The molecule has 5 rings (SSSR count). The minimum atomic E-state index is -4.02. The largest absolute Gasteiger partial charge is 0.379 e. The Bertz CT molecular complexity index is 1610. The second-order valence-electron chi connectivity index (χ2n) is 8.37. The molecule has 0 radical (unpaired) electrons. The highest BCUT2D eigenvalue weighted by Crippen LogP contribution is 2.33. The maximum absolute atomic E-state index is 12.8. The summed E-state index contributed by atoms with van der Waals surface area (Å²) < 4.78 is 30.8. The van der Waals surface area contributed by atoms with Gasteiger partial charge in [0.1, 0.15) is 10.6 Å². The van der Waals surface area contributed by atoms with Crippen molar-refractivity contribution in [3.63, 3.8) is 0 Å². The predicted molar refractivity (Wildman–Crippen MR) is 141 cm³/mol. The summed E-state index contributed by atoms with van der Waals surface area (Å²) in [5.74, 6) is -0.211. The van der Waals surface area contributed by atoms with Gasteiger partial charge in [-0.2, -0.15) is 8.42 Å². The van der Waals surface area contributed by atoms with Gasteiger partial charge in [0.2, 0.25) is 0 Å². The smallest absolute Gasteiger partial charge is 0.339 e. The van der Waals surface area contributed by atoms with Gasteiger partial charge in [-0.1, -0.05) is 72.3 Å². The number of hydrogen-bond donors (Lipinski definition) is 0. The average Bonchev–Trinajstić information content (AvgIpc) is 3.13. The summed E-state index contributed by atoms with van der Waals surface area (Å²) in [7, 11) is -4.02. The number of benzene rings is 4. The zero-order chi connectivity index (χ0) is 25.3. The molecule has 180 valence electrons. The Hall–Kier alpha value is -3.88. The number of thioether (sulfide) groups is 1. The van der Waals surface area contributed by atoms with Crippen LogP contribution in [0.25, 0.3) is 16.8 Å². The number of carbonyl (C=O) groups is 2. The normalized spacial score (nSPS) is 15.1. The molecule has 0 atom stereocenters. The maximum Gasteiger partial charge on any atom is 0.339 e. The quantitative estimate of drug-likeness (QED) is 0.226. The first-order valence-corrected chi connectivity index (χ1v) is 13.4. The highest BCUT2D eigenvalue weighted by atomic mass is 32.2. The Labute approximate surface area is 213 Å². The average molecular weight is 516 g/mol. The molecule has 4 aromatic rings. The zero-order valence-electron chi connectivity index (χ0n) is 19.2. The first-order valence-electron chi connectivity index (χ1n) is 11.1. The van der Waals surface area contributed by atoms with E-state index >= 15 is 0 Å². The van der Waals surface area contributed by atoms with E-state index in [1.165, 1.54) is 23.1 Å². The van der Waals surface area contributed by atoms with E-state index in [0.29, 0.717) is 10.5 Å². The highest BCUT2D eigenvalue weighted by molar-refractivity contribution is 8.18. The number of aryl methyl sites for hydroxylation is 1. The number of imide groups is 1. The molecule has 0 aliphatic carbocycles. The van der Waals surface area contributed by atoms with Crippen LogP contribution >= 0.6 is 11.8 Å². The molecule has 1 aliphatic rings. The molecule has 0 N–H and O–H groups in total. The second kappa shape index (κ2) is 9.64. The third-order valence-corrected chi connectivity index (χ3v) is 7.88.